The zero-order chi connectivity index (χ0) is 17.9. The average molecular weight is 338 g/mol. The largest absolute Gasteiger partial charge is 0.493 e. The van der Waals surface area contributed by atoms with Gasteiger partial charge < -0.3 is 24.8 Å². The van der Waals surface area contributed by atoms with E-state index in [1.807, 2.05) is 19.1 Å². The first kappa shape index (κ1) is 19.9. The lowest BCUT2D eigenvalue weighted by atomic mass is 10.1. The fourth-order valence-electron chi connectivity index (χ4n) is 2.47. The number of nitrogens with one attached hydrogen (secondary N) is 2. The van der Waals surface area contributed by atoms with Gasteiger partial charge in [-0.25, -0.2) is 4.79 Å². The molecule has 1 aromatic rings. The monoisotopic (exact) mass is 338 g/mol. The Hall–Kier alpha value is -2.11. The Kier molecular flexibility index (Phi) is 8.83. The number of methoxy groups -OCH3 is 3. The van der Waals surface area contributed by atoms with Crippen LogP contribution in [0.15, 0.2) is 12.1 Å². The third-order valence-electron chi connectivity index (χ3n) is 3.80. The predicted octanol–water partition coefficient (Wildman–Crippen LogP) is 3.48. The molecule has 24 heavy (non-hydrogen) atoms. The lowest BCUT2D eigenvalue weighted by Crippen LogP contribution is -2.40. The van der Waals surface area contributed by atoms with Crippen molar-refractivity contribution in [3.05, 3.63) is 17.7 Å². The molecule has 0 aliphatic heterocycles. The van der Waals surface area contributed by atoms with Crippen molar-refractivity contribution in [1.29, 1.82) is 0 Å². The Morgan fingerprint density at radius 3 is 2.21 bits per heavy atom. The highest BCUT2D eigenvalue weighted by atomic mass is 16.5. The highest BCUT2D eigenvalue weighted by molar-refractivity contribution is 5.74. The zero-order valence-corrected chi connectivity index (χ0v) is 15.4. The normalized spacial score (nSPS) is 11.5. The Bertz CT molecular complexity index is 495. The van der Waals surface area contributed by atoms with E-state index < -0.39 is 0 Å². The number of amides is 2. The number of carbonyl (C=O) groups excluding carboxylic acids is 1. The molecule has 0 bridgehead atoms. The van der Waals surface area contributed by atoms with Crippen LogP contribution in [-0.2, 0) is 6.54 Å². The molecule has 2 N–H and O–H groups in total. The van der Waals surface area contributed by atoms with Crippen molar-refractivity contribution in [1.82, 2.24) is 10.6 Å². The molecule has 6 nitrogen and oxygen atoms in total. The smallest absolute Gasteiger partial charge is 0.315 e. The summed E-state index contributed by atoms with van der Waals surface area (Å²) in [5.41, 5.74) is 0.873. The molecular formula is C18H30N2O4. The lowest BCUT2D eigenvalue weighted by Gasteiger charge is -2.16. The van der Waals surface area contributed by atoms with Gasteiger partial charge in [0.05, 0.1) is 21.3 Å². The van der Waals surface area contributed by atoms with Crippen LogP contribution in [0.25, 0.3) is 0 Å². The molecule has 1 rings (SSSR count). The van der Waals surface area contributed by atoms with Crippen LogP contribution in [0.4, 0.5) is 4.79 Å². The molecule has 0 aliphatic carbocycles. The van der Waals surface area contributed by atoms with E-state index in [4.69, 9.17) is 14.2 Å². The van der Waals surface area contributed by atoms with Crippen LogP contribution in [0.2, 0.25) is 0 Å². The molecule has 0 aromatic heterocycles. The molecule has 0 unspecified atom stereocenters. The first-order valence-corrected chi connectivity index (χ1v) is 8.38. The molecule has 0 spiro atoms. The third kappa shape index (κ3) is 6.18. The van der Waals surface area contributed by atoms with Gasteiger partial charge in [0.2, 0.25) is 5.75 Å². The van der Waals surface area contributed by atoms with Crippen molar-refractivity contribution in [2.75, 3.05) is 21.3 Å². The fraction of sp³-hybridized carbons (Fsp3) is 0.611. The Balaban J connectivity index is 2.59. The van der Waals surface area contributed by atoms with Crippen molar-refractivity contribution in [2.45, 2.75) is 52.1 Å². The summed E-state index contributed by atoms with van der Waals surface area (Å²) in [6, 6.07) is 3.64. The Morgan fingerprint density at radius 2 is 1.71 bits per heavy atom. The molecule has 0 radical (unpaired) electrons. The second-order valence-corrected chi connectivity index (χ2v) is 5.76. The summed E-state index contributed by atoms with van der Waals surface area (Å²) in [6.45, 7) is 4.57. The first-order valence-electron chi connectivity index (χ1n) is 8.38. The number of hydrogen-bond donors (Lipinski definition) is 2. The number of hydrogen-bond acceptors (Lipinski definition) is 4. The Morgan fingerprint density at radius 1 is 1.08 bits per heavy atom. The van der Waals surface area contributed by atoms with Crippen molar-refractivity contribution < 1.29 is 19.0 Å². The molecule has 6 heteroatoms. The predicted molar refractivity (Wildman–Crippen MR) is 95.1 cm³/mol. The minimum absolute atomic E-state index is 0.163. The minimum atomic E-state index is -0.173. The summed E-state index contributed by atoms with van der Waals surface area (Å²) in [4.78, 5) is 12.0. The van der Waals surface area contributed by atoms with Gasteiger partial charge in [0.25, 0.3) is 0 Å². The maximum Gasteiger partial charge on any atom is 0.315 e. The quantitative estimate of drug-likeness (QED) is 0.641. The van der Waals surface area contributed by atoms with Crippen LogP contribution >= 0.6 is 0 Å². The summed E-state index contributed by atoms with van der Waals surface area (Å²) >= 11 is 0. The summed E-state index contributed by atoms with van der Waals surface area (Å²) in [5.74, 6) is 1.68. The number of benzene rings is 1. The topological polar surface area (TPSA) is 68.8 Å². The maximum atomic E-state index is 12.0. The SMILES string of the molecule is CCCCC[C@H](C)NC(=O)NCc1cc(OC)c(OC)c(OC)c1. The highest BCUT2D eigenvalue weighted by Crippen LogP contribution is 2.38. The van der Waals surface area contributed by atoms with Gasteiger partial charge >= 0.3 is 6.03 Å². The van der Waals surface area contributed by atoms with Crippen LogP contribution in [-0.4, -0.2) is 33.4 Å². The van der Waals surface area contributed by atoms with Gasteiger partial charge in [-0.3, -0.25) is 0 Å². The van der Waals surface area contributed by atoms with Gasteiger partial charge in [-0.15, -0.1) is 0 Å². The second kappa shape index (κ2) is 10.6. The number of rotatable bonds is 10. The van der Waals surface area contributed by atoms with Gasteiger partial charge in [0, 0.05) is 12.6 Å². The van der Waals surface area contributed by atoms with E-state index in [1.165, 1.54) is 12.8 Å². The molecular weight excluding hydrogens is 308 g/mol. The van der Waals surface area contributed by atoms with Crippen LogP contribution in [0, 0.1) is 0 Å². The molecule has 1 aromatic carbocycles. The van der Waals surface area contributed by atoms with Crippen LogP contribution < -0.4 is 24.8 Å². The van der Waals surface area contributed by atoms with Crippen LogP contribution in [0.5, 0.6) is 17.2 Å². The number of unbranched alkanes of at least 4 members (excludes halogenated alkanes) is 2. The van der Waals surface area contributed by atoms with E-state index in [9.17, 15) is 4.79 Å². The van der Waals surface area contributed by atoms with Gasteiger partial charge in [-0.2, -0.15) is 0 Å². The van der Waals surface area contributed by atoms with E-state index in [0.29, 0.717) is 23.8 Å². The minimum Gasteiger partial charge on any atom is -0.493 e. The molecule has 136 valence electrons. The highest BCUT2D eigenvalue weighted by Gasteiger charge is 2.14. The van der Waals surface area contributed by atoms with E-state index in [2.05, 4.69) is 17.6 Å². The van der Waals surface area contributed by atoms with Crippen molar-refractivity contribution in [2.24, 2.45) is 0 Å². The Labute approximate surface area is 144 Å². The molecule has 0 saturated carbocycles. The number of ether oxygens (including phenoxy) is 3. The van der Waals surface area contributed by atoms with Crippen LogP contribution in [0.3, 0.4) is 0 Å². The summed E-state index contributed by atoms with van der Waals surface area (Å²) in [6.07, 6.45) is 4.50. The zero-order valence-electron chi connectivity index (χ0n) is 15.4. The molecule has 0 heterocycles. The lowest BCUT2D eigenvalue weighted by molar-refractivity contribution is 0.236. The van der Waals surface area contributed by atoms with Gasteiger partial charge in [-0.1, -0.05) is 26.2 Å². The van der Waals surface area contributed by atoms with E-state index in [0.717, 1.165) is 18.4 Å². The van der Waals surface area contributed by atoms with Gasteiger partial charge in [0.1, 0.15) is 0 Å². The van der Waals surface area contributed by atoms with Crippen molar-refractivity contribution >= 4 is 6.03 Å². The summed E-state index contributed by atoms with van der Waals surface area (Å²) in [5, 5.41) is 5.81. The third-order valence-corrected chi connectivity index (χ3v) is 3.80. The van der Waals surface area contributed by atoms with Crippen molar-refractivity contribution in [3.63, 3.8) is 0 Å². The van der Waals surface area contributed by atoms with Gasteiger partial charge in [-0.05, 0) is 31.0 Å². The first-order chi connectivity index (χ1) is 11.5. The maximum absolute atomic E-state index is 12.0. The van der Waals surface area contributed by atoms with Crippen molar-refractivity contribution in [3.8, 4) is 17.2 Å². The number of carbonyl (C=O) groups is 1. The summed E-state index contributed by atoms with van der Waals surface area (Å²) < 4.78 is 15.9. The average Bonchev–Trinajstić information content (AvgIpc) is 2.59. The molecule has 0 fully saturated rings. The standard InChI is InChI=1S/C18H30N2O4/c1-6-7-8-9-13(2)20-18(21)19-12-14-10-15(22-3)17(24-5)16(11-14)23-4/h10-11,13H,6-9,12H2,1-5H3,(H2,19,20,21)/t13-/m0/s1. The van der Waals surface area contributed by atoms with E-state index >= 15 is 0 Å². The van der Waals surface area contributed by atoms with Crippen LogP contribution in [0.1, 0.15) is 45.1 Å². The van der Waals surface area contributed by atoms with Gasteiger partial charge in [0.15, 0.2) is 11.5 Å². The van der Waals surface area contributed by atoms with E-state index in [-0.39, 0.29) is 12.1 Å². The molecule has 0 aliphatic rings. The molecule has 0 saturated heterocycles. The van der Waals surface area contributed by atoms with E-state index in [1.54, 1.807) is 21.3 Å². The molecule has 1 atom stereocenters. The fourth-order valence-corrected chi connectivity index (χ4v) is 2.47. The summed E-state index contributed by atoms with van der Waals surface area (Å²) in [7, 11) is 4.70. The second-order valence-electron chi connectivity index (χ2n) is 5.76. The molecule has 2 amide bonds. The number of urea groups is 1.